The Labute approximate surface area is 110 Å². The molecule has 2 heterocycles. The van der Waals surface area contributed by atoms with E-state index in [1.807, 2.05) is 0 Å². The number of hydrogen-bond donors (Lipinski definition) is 2. The fourth-order valence-electron chi connectivity index (χ4n) is 1.86. The Balaban J connectivity index is 2.21. The number of carboxylic acid groups (broad SMARTS) is 1. The molecule has 0 radical (unpaired) electrons. The number of hydrogen-bond acceptors (Lipinski definition) is 4. The maximum atomic E-state index is 12.1. The summed E-state index contributed by atoms with van der Waals surface area (Å²) in [4.78, 5) is 24.3. The number of carbonyl (C=O) groups is 2. The van der Waals surface area contributed by atoms with Crippen molar-refractivity contribution in [3.05, 3.63) is 20.8 Å². The topological polar surface area (TPSA) is 77.8 Å². The number of thiophene rings is 1. The third-order valence-corrected chi connectivity index (χ3v) is 4.14. The number of aliphatic carboxylic acids is 1. The van der Waals surface area contributed by atoms with Crippen molar-refractivity contribution >= 4 is 39.1 Å². The van der Waals surface area contributed by atoms with Gasteiger partial charge in [-0.05, 0) is 22.0 Å². The van der Waals surface area contributed by atoms with Crippen molar-refractivity contribution in [2.45, 2.75) is 18.6 Å². The quantitative estimate of drug-likeness (QED) is 0.857. The average Bonchev–Trinajstić information content (AvgIpc) is 2.83. The molecule has 2 rings (SSSR count). The van der Waals surface area contributed by atoms with E-state index < -0.39 is 18.1 Å². The first-order valence-corrected chi connectivity index (χ1v) is 6.62. The third kappa shape index (κ3) is 2.51. The fraction of sp³-hybridized carbons (Fsp3) is 0.400. The number of nitrogens with zero attached hydrogens (tertiary/aromatic N) is 1. The summed E-state index contributed by atoms with van der Waals surface area (Å²) in [5.74, 6) is -1.43. The Morgan fingerprint density at radius 1 is 1.53 bits per heavy atom. The van der Waals surface area contributed by atoms with Crippen LogP contribution in [0, 0.1) is 0 Å². The molecule has 2 N–H and O–H groups in total. The van der Waals surface area contributed by atoms with Crippen LogP contribution in [0.3, 0.4) is 0 Å². The zero-order valence-electron chi connectivity index (χ0n) is 8.67. The first-order chi connectivity index (χ1) is 7.99. The van der Waals surface area contributed by atoms with Crippen LogP contribution in [-0.2, 0) is 4.79 Å². The summed E-state index contributed by atoms with van der Waals surface area (Å²) in [6.07, 6.45) is -0.672. The van der Waals surface area contributed by atoms with Gasteiger partial charge in [-0.1, -0.05) is 0 Å². The highest BCUT2D eigenvalue weighted by molar-refractivity contribution is 9.11. The molecule has 1 aromatic rings. The molecule has 1 aliphatic rings. The lowest BCUT2D eigenvalue weighted by molar-refractivity contribution is -0.141. The monoisotopic (exact) mass is 319 g/mol. The average molecular weight is 320 g/mol. The number of β-amino-alcohol motifs (C(OH)–C–C–N with tert-alkyl or cyclic N) is 1. The highest BCUT2D eigenvalue weighted by Crippen LogP contribution is 2.25. The molecule has 1 saturated heterocycles. The van der Waals surface area contributed by atoms with Gasteiger partial charge in [0.1, 0.15) is 6.04 Å². The number of amides is 1. The number of likely N-dealkylation sites (tertiary alicyclic amines) is 1. The highest BCUT2D eigenvalue weighted by Gasteiger charge is 2.39. The van der Waals surface area contributed by atoms with E-state index in [1.54, 1.807) is 11.4 Å². The van der Waals surface area contributed by atoms with E-state index in [4.69, 9.17) is 5.11 Å². The Hall–Kier alpha value is -0.920. The van der Waals surface area contributed by atoms with E-state index in [0.717, 1.165) is 3.79 Å². The van der Waals surface area contributed by atoms with Crippen LogP contribution < -0.4 is 0 Å². The van der Waals surface area contributed by atoms with Crippen molar-refractivity contribution in [1.82, 2.24) is 4.90 Å². The minimum atomic E-state index is -1.08. The lowest BCUT2D eigenvalue weighted by Gasteiger charge is -2.20. The van der Waals surface area contributed by atoms with Gasteiger partial charge in [-0.25, -0.2) is 4.79 Å². The summed E-state index contributed by atoms with van der Waals surface area (Å²) in [7, 11) is 0. The van der Waals surface area contributed by atoms with Crippen molar-refractivity contribution < 1.29 is 19.8 Å². The molecule has 5 nitrogen and oxygen atoms in total. The smallest absolute Gasteiger partial charge is 0.326 e. The number of aliphatic hydroxyl groups excluding tert-OH is 1. The van der Waals surface area contributed by atoms with Gasteiger partial charge in [-0.2, -0.15) is 0 Å². The Morgan fingerprint density at radius 3 is 2.76 bits per heavy atom. The van der Waals surface area contributed by atoms with Gasteiger partial charge in [0.05, 0.1) is 15.5 Å². The molecule has 0 saturated carbocycles. The number of aliphatic hydroxyl groups is 1. The molecule has 1 aliphatic heterocycles. The minimum Gasteiger partial charge on any atom is -0.480 e. The Morgan fingerprint density at radius 2 is 2.24 bits per heavy atom. The van der Waals surface area contributed by atoms with E-state index in [2.05, 4.69) is 15.9 Å². The molecular formula is C10H10BrNO4S. The van der Waals surface area contributed by atoms with Gasteiger partial charge in [0.15, 0.2) is 0 Å². The second-order valence-electron chi connectivity index (χ2n) is 3.84. The molecule has 17 heavy (non-hydrogen) atoms. The largest absolute Gasteiger partial charge is 0.480 e. The van der Waals surface area contributed by atoms with Crippen LogP contribution in [0.5, 0.6) is 0 Å². The molecule has 92 valence electrons. The Bertz CT molecular complexity index is 461. The third-order valence-electron chi connectivity index (χ3n) is 2.64. The molecule has 1 amide bonds. The summed E-state index contributed by atoms with van der Waals surface area (Å²) in [5.41, 5.74) is 0.447. The summed E-state index contributed by atoms with van der Waals surface area (Å²) >= 11 is 4.61. The van der Waals surface area contributed by atoms with Crippen molar-refractivity contribution in [3.8, 4) is 0 Å². The maximum Gasteiger partial charge on any atom is 0.326 e. The molecule has 0 aliphatic carbocycles. The SMILES string of the molecule is O=C(O)[C@@H]1CC(O)CN1C(=O)c1csc(Br)c1. The molecule has 1 fully saturated rings. The summed E-state index contributed by atoms with van der Waals surface area (Å²) in [5, 5.41) is 20.1. The molecular weight excluding hydrogens is 310 g/mol. The van der Waals surface area contributed by atoms with E-state index >= 15 is 0 Å². The predicted molar refractivity (Wildman–Crippen MR) is 65.1 cm³/mol. The van der Waals surface area contributed by atoms with Crippen LogP contribution >= 0.6 is 27.3 Å². The van der Waals surface area contributed by atoms with Gasteiger partial charge >= 0.3 is 5.97 Å². The molecule has 7 heteroatoms. The standard InChI is InChI=1S/C10H10BrNO4S/c11-8-1-5(4-17-8)9(14)12-3-6(13)2-7(12)10(15)16/h1,4,6-7,13H,2-3H2,(H,15,16)/t6?,7-/m0/s1. The van der Waals surface area contributed by atoms with E-state index in [0.29, 0.717) is 5.56 Å². The van der Waals surface area contributed by atoms with Gasteiger partial charge in [0.2, 0.25) is 0 Å². The second-order valence-corrected chi connectivity index (χ2v) is 6.13. The van der Waals surface area contributed by atoms with Gasteiger partial charge < -0.3 is 15.1 Å². The van der Waals surface area contributed by atoms with Crippen LogP contribution in [0.2, 0.25) is 0 Å². The van der Waals surface area contributed by atoms with Crippen LogP contribution in [0.15, 0.2) is 15.2 Å². The highest BCUT2D eigenvalue weighted by atomic mass is 79.9. The lowest BCUT2D eigenvalue weighted by atomic mass is 10.2. The molecule has 0 spiro atoms. The molecule has 1 aromatic heterocycles. The zero-order chi connectivity index (χ0) is 12.6. The van der Waals surface area contributed by atoms with Gasteiger partial charge in [-0.15, -0.1) is 11.3 Å². The zero-order valence-corrected chi connectivity index (χ0v) is 11.1. The van der Waals surface area contributed by atoms with Crippen molar-refractivity contribution in [1.29, 1.82) is 0 Å². The fourth-order valence-corrected chi connectivity index (χ4v) is 2.99. The van der Waals surface area contributed by atoms with Crippen molar-refractivity contribution in [3.63, 3.8) is 0 Å². The summed E-state index contributed by atoms with van der Waals surface area (Å²) in [6, 6.07) is 0.715. The molecule has 1 unspecified atom stereocenters. The predicted octanol–water partition coefficient (Wildman–Crippen LogP) is 1.17. The normalized spacial score (nSPS) is 24.0. The Kier molecular flexibility index (Phi) is 3.50. The summed E-state index contributed by atoms with van der Waals surface area (Å²) in [6.45, 7) is 0.0727. The van der Waals surface area contributed by atoms with Crippen LogP contribution in [0.25, 0.3) is 0 Å². The molecule has 2 atom stereocenters. The van der Waals surface area contributed by atoms with E-state index in [1.165, 1.54) is 16.2 Å². The van der Waals surface area contributed by atoms with Gasteiger partial charge in [0.25, 0.3) is 5.91 Å². The van der Waals surface area contributed by atoms with Crippen LogP contribution in [-0.4, -0.2) is 45.7 Å². The first-order valence-electron chi connectivity index (χ1n) is 4.95. The number of rotatable bonds is 2. The minimum absolute atomic E-state index is 0.0727. The first kappa shape index (κ1) is 12.5. The maximum absolute atomic E-state index is 12.1. The molecule has 0 bridgehead atoms. The van der Waals surface area contributed by atoms with Gasteiger partial charge in [0, 0.05) is 18.3 Å². The summed E-state index contributed by atoms with van der Waals surface area (Å²) < 4.78 is 0.812. The van der Waals surface area contributed by atoms with E-state index in [-0.39, 0.29) is 18.9 Å². The van der Waals surface area contributed by atoms with E-state index in [9.17, 15) is 14.7 Å². The number of halogens is 1. The second kappa shape index (κ2) is 4.75. The van der Waals surface area contributed by atoms with Crippen LogP contribution in [0.1, 0.15) is 16.8 Å². The van der Waals surface area contributed by atoms with Crippen molar-refractivity contribution in [2.75, 3.05) is 6.54 Å². The number of carboxylic acids is 1. The van der Waals surface area contributed by atoms with Crippen molar-refractivity contribution in [2.24, 2.45) is 0 Å². The lowest BCUT2D eigenvalue weighted by Crippen LogP contribution is -2.40. The van der Waals surface area contributed by atoms with Crippen LogP contribution in [0.4, 0.5) is 0 Å². The molecule has 0 aromatic carbocycles. The number of carbonyl (C=O) groups excluding carboxylic acids is 1. The van der Waals surface area contributed by atoms with Gasteiger partial charge in [-0.3, -0.25) is 4.79 Å².